The van der Waals surface area contributed by atoms with E-state index in [1.54, 1.807) is 13.3 Å². The number of hydrogen-bond donors (Lipinski definition) is 0. The van der Waals surface area contributed by atoms with E-state index in [4.69, 9.17) is 9.47 Å². The fraction of sp³-hybridized carbons (Fsp3) is 0.550. The van der Waals surface area contributed by atoms with Crippen molar-refractivity contribution in [1.29, 1.82) is 0 Å². The molecule has 2 saturated heterocycles. The van der Waals surface area contributed by atoms with Gasteiger partial charge in [-0.05, 0) is 18.1 Å². The van der Waals surface area contributed by atoms with E-state index in [2.05, 4.69) is 4.98 Å². The van der Waals surface area contributed by atoms with Crippen molar-refractivity contribution in [1.82, 2.24) is 14.8 Å². The number of carbonyl (C=O) groups excluding carboxylic acids is 2. The summed E-state index contributed by atoms with van der Waals surface area (Å²) in [5.41, 5.74) is 1.06. The topological polar surface area (TPSA) is 72.0 Å². The summed E-state index contributed by atoms with van der Waals surface area (Å²) in [6, 6.07) is 3.96. The number of methoxy groups -OCH3 is 1. The Labute approximate surface area is 168 Å². The van der Waals surface area contributed by atoms with Crippen molar-refractivity contribution in [2.75, 3.05) is 53.1 Å². The minimum atomic E-state index is 0.0606. The first-order valence-corrected chi connectivity index (χ1v) is 10.5. The molecule has 4 heterocycles. The predicted octanol–water partition coefficient (Wildman–Crippen LogP) is 2.12. The second kappa shape index (κ2) is 8.55. The highest BCUT2D eigenvalue weighted by Gasteiger charge is 2.34. The lowest BCUT2D eigenvalue weighted by Gasteiger charge is -2.27. The first-order chi connectivity index (χ1) is 13.7. The van der Waals surface area contributed by atoms with Crippen LogP contribution >= 0.6 is 11.3 Å². The van der Waals surface area contributed by atoms with Crippen molar-refractivity contribution in [3.05, 3.63) is 28.8 Å². The molecular weight excluding hydrogens is 378 g/mol. The summed E-state index contributed by atoms with van der Waals surface area (Å²) in [6.45, 7) is 4.19. The average molecular weight is 404 g/mol. The molecule has 0 aromatic carbocycles. The summed E-state index contributed by atoms with van der Waals surface area (Å²) in [7, 11) is 1.61. The van der Waals surface area contributed by atoms with Gasteiger partial charge >= 0.3 is 0 Å². The van der Waals surface area contributed by atoms with Crippen molar-refractivity contribution in [2.24, 2.45) is 0 Å². The molecule has 2 fully saturated rings. The van der Waals surface area contributed by atoms with Gasteiger partial charge in [0.1, 0.15) is 4.83 Å². The number of pyridine rings is 1. The summed E-state index contributed by atoms with van der Waals surface area (Å²) in [5, 5.41) is 1.04. The molecule has 0 aliphatic carbocycles. The highest BCUT2D eigenvalue weighted by atomic mass is 32.1. The van der Waals surface area contributed by atoms with Crippen LogP contribution in [0.1, 0.15) is 34.0 Å². The molecule has 2 aliphatic rings. The standard InChI is InChI=1S/C20H25N3O4S/c1-26-10-5-16(24)23-7-4-14(13-23)17-15-3-2-6-21-19(15)28-18(17)20(25)22-8-11-27-12-9-22/h2-3,6,14H,4-5,7-13H2,1H3. The van der Waals surface area contributed by atoms with Gasteiger partial charge in [-0.15, -0.1) is 11.3 Å². The molecule has 1 unspecified atom stereocenters. The summed E-state index contributed by atoms with van der Waals surface area (Å²) >= 11 is 1.47. The number of aromatic nitrogens is 1. The van der Waals surface area contributed by atoms with Crippen LogP contribution in [0.5, 0.6) is 0 Å². The first kappa shape index (κ1) is 19.3. The van der Waals surface area contributed by atoms with Crippen LogP contribution in [0.4, 0.5) is 0 Å². The molecule has 0 radical (unpaired) electrons. The summed E-state index contributed by atoms with van der Waals surface area (Å²) in [4.78, 5) is 35.6. The fourth-order valence-electron chi connectivity index (χ4n) is 4.00. The zero-order valence-electron chi connectivity index (χ0n) is 16.1. The molecule has 28 heavy (non-hydrogen) atoms. The lowest BCUT2D eigenvalue weighted by atomic mass is 9.95. The van der Waals surface area contributed by atoms with Crippen LogP contribution in [0.2, 0.25) is 0 Å². The molecule has 0 spiro atoms. The Hall–Kier alpha value is -2.03. The van der Waals surface area contributed by atoms with Gasteiger partial charge in [0, 0.05) is 50.8 Å². The molecule has 2 aromatic rings. The second-order valence-electron chi connectivity index (χ2n) is 7.17. The zero-order valence-corrected chi connectivity index (χ0v) is 16.9. The maximum absolute atomic E-state index is 13.3. The molecule has 0 saturated carbocycles. The number of hydrogen-bond acceptors (Lipinski definition) is 6. The minimum absolute atomic E-state index is 0.0606. The van der Waals surface area contributed by atoms with Gasteiger partial charge in [0.2, 0.25) is 5.91 Å². The lowest BCUT2D eigenvalue weighted by molar-refractivity contribution is -0.131. The van der Waals surface area contributed by atoms with Crippen LogP contribution in [0.15, 0.2) is 18.3 Å². The van der Waals surface area contributed by atoms with Crippen molar-refractivity contribution in [3.8, 4) is 0 Å². The SMILES string of the molecule is COCCC(=O)N1CCC(c2c(C(=O)N3CCOCC3)sc3ncccc23)C1. The van der Waals surface area contributed by atoms with E-state index in [-0.39, 0.29) is 17.7 Å². The Balaban J connectivity index is 1.62. The number of ether oxygens (including phenoxy) is 2. The Morgan fingerprint density at radius 1 is 1.29 bits per heavy atom. The van der Waals surface area contributed by atoms with Gasteiger partial charge in [-0.3, -0.25) is 9.59 Å². The molecular formula is C20H25N3O4S. The van der Waals surface area contributed by atoms with Gasteiger partial charge in [0.25, 0.3) is 5.91 Å². The normalized spacial score (nSPS) is 20.1. The molecule has 0 bridgehead atoms. The number of fused-ring (bicyclic) bond motifs is 1. The van der Waals surface area contributed by atoms with E-state index in [0.717, 1.165) is 33.6 Å². The van der Waals surface area contributed by atoms with E-state index in [9.17, 15) is 9.59 Å². The highest BCUT2D eigenvalue weighted by Crippen LogP contribution is 2.40. The van der Waals surface area contributed by atoms with Crippen LogP contribution in [0.3, 0.4) is 0 Å². The molecule has 2 aliphatic heterocycles. The number of carbonyl (C=O) groups is 2. The van der Waals surface area contributed by atoms with E-state index < -0.39 is 0 Å². The lowest BCUT2D eigenvalue weighted by Crippen LogP contribution is -2.40. The Morgan fingerprint density at radius 3 is 2.89 bits per heavy atom. The number of rotatable bonds is 5. The smallest absolute Gasteiger partial charge is 0.264 e. The largest absolute Gasteiger partial charge is 0.384 e. The quantitative estimate of drug-likeness (QED) is 0.765. The molecule has 1 atom stereocenters. The van der Waals surface area contributed by atoms with Gasteiger partial charge < -0.3 is 19.3 Å². The molecule has 150 valence electrons. The van der Waals surface area contributed by atoms with Crippen LogP contribution in [-0.4, -0.2) is 79.7 Å². The third-order valence-electron chi connectivity index (χ3n) is 5.47. The van der Waals surface area contributed by atoms with E-state index in [1.165, 1.54) is 11.3 Å². The summed E-state index contributed by atoms with van der Waals surface area (Å²) in [5.74, 6) is 0.331. The number of amides is 2. The first-order valence-electron chi connectivity index (χ1n) is 9.70. The number of morpholine rings is 1. The maximum Gasteiger partial charge on any atom is 0.264 e. The molecule has 2 amide bonds. The Bertz CT molecular complexity index is 862. The van der Waals surface area contributed by atoms with Crippen LogP contribution in [0.25, 0.3) is 10.2 Å². The molecule has 8 heteroatoms. The van der Waals surface area contributed by atoms with Gasteiger partial charge in [0.15, 0.2) is 0 Å². The van der Waals surface area contributed by atoms with Crippen LogP contribution < -0.4 is 0 Å². The molecule has 4 rings (SSSR count). The molecule has 0 N–H and O–H groups in total. The monoisotopic (exact) mass is 403 g/mol. The Kier molecular flexibility index (Phi) is 5.89. The van der Waals surface area contributed by atoms with Crippen molar-refractivity contribution in [2.45, 2.75) is 18.8 Å². The summed E-state index contributed by atoms with van der Waals surface area (Å²) < 4.78 is 10.4. The van der Waals surface area contributed by atoms with Gasteiger partial charge in [-0.2, -0.15) is 0 Å². The van der Waals surface area contributed by atoms with Crippen molar-refractivity contribution >= 4 is 33.4 Å². The second-order valence-corrected chi connectivity index (χ2v) is 8.17. The number of likely N-dealkylation sites (tertiary alicyclic amines) is 1. The average Bonchev–Trinajstić information content (AvgIpc) is 3.36. The van der Waals surface area contributed by atoms with Crippen molar-refractivity contribution in [3.63, 3.8) is 0 Å². The Morgan fingerprint density at radius 2 is 2.11 bits per heavy atom. The summed E-state index contributed by atoms with van der Waals surface area (Å²) in [6.07, 6.45) is 3.03. The number of thiophene rings is 1. The zero-order chi connectivity index (χ0) is 19.5. The minimum Gasteiger partial charge on any atom is -0.384 e. The van der Waals surface area contributed by atoms with Gasteiger partial charge in [-0.25, -0.2) is 4.98 Å². The number of nitrogens with zero attached hydrogens (tertiary/aromatic N) is 3. The van der Waals surface area contributed by atoms with Gasteiger partial charge in [-0.1, -0.05) is 6.07 Å². The van der Waals surface area contributed by atoms with Crippen molar-refractivity contribution < 1.29 is 19.1 Å². The molecule has 7 nitrogen and oxygen atoms in total. The van der Waals surface area contributed by atoms with Crippen LogP contribution in [0, 0.1) is 0 Å². The fourth-order valence-corrected chi connectivity index (χ4v) is 5.19. The van der Waals surface area contributed by atoms with Crippen LogP contribution in [-0.2, 0) is 14.3 Å². The third-order valence-corrected chi connectivity index (χ3v) is 6.58. The van der Waals surface area contributed by atoms with E-state index in [0.29, 0.717) is 45.9 Å². The predicted molar refractivity (Wildman–Crippen MR) is 107 cm³/mol. The van der Waals surface area contributed by atoms with E-state index in [1.807, 2.05) is 21.9 Å². The third kappa shape index (κ3) is 3.76. The van der Waals surface area contributed by atoms with Gasteiger partial charge in [0.05, 0.1) is 31.1 Å². The highest BCUT2D eigenvalue weighted by molar-refractivity contribution is 7.20. The maximum atomic E-state index is 13.3. The molecule has 2 aromatic heterocycles. The van der Waals surface area contributed by atoms with E-state index >= 15 is 0 Å².